The largest absolute Gasteiger partial charge is 0.401 e. The average molecular weight is 282 g/mol. The molecule has 1 atom stereocenters. The molecule has 0 aromatic carbocycles. The van der Waals surface area contributed by atoms with Crippen LogP contribution in [0.4, 0.5) is 13.2 Å². The molecule has 0 bridgehead atoms. The van der Waals surface area contributed by atoms with Crippen molar-refractivity contribution >= 4 is 11.8 Å². The third kappa shape index (κ3) is 4.97. The Kier molecular flexibility index (Phi) is 5.21. The van der Waals surface area contributed by atoms with Gasteiger partial charge in [-0.05, 0) is 44.5 Å². The van der Waals surface area contributed by atoms with E-state index in [9.17, 15) is 13.2 Å². The number of nitrogens with one attached hydrogen (secondary N) is 1. The molecule has 0 amide bonds. The SMILES string of the molecule is FC(F)(F)CN1CCC(NCC2CCCS2)CC1. The number of hydrogen-bond donors (Lipinski definition) is 1. The molecule has 2 fully saturated rings. The fourth-order valence-electron chi connectivity index (χ4n) is 2.65. The second-order valence-corrected chi connectivity index (χ2v) is 6.62. The number of halogens is 3. The molecule has 0 spiro atoms. The van der Waals surface area contributed by atoms with Gasteiger partial charge in [0.2, 0.25) is 0 Å². The van der Waals surface area contributed by atoms with E-state index in [1.165, 1.54) is 23.5 Å². The van der Waals surface area contributed by atoms with E-state index in [1.807, 2.05) is 11.8 Å². The Morgan fingerprint density at radius 1 is 1.17 bits per heavy atom. The highest BCUT2D eigenvalue weighted by Gasteiger charge is 2.32. The highest BCUT2D eigenvalue weighted by Crippen LogP contribution is 2.26. The number of hydrogen-bond acceptors (Lipinski definition) is 3. The molecular weight excluding hydrogens is 261 g/mol. The molecule has 1 unspecified atom stereocenters. The van der Waals surface area contributed by atoms with Crippen molar-refractivity contribution in [3.05, 3.63) is 0 Å². The maximum Gasteiger partial charge on any atom is 0.401 e. The van der Waals surface area contributed by atoms with Gasteiger partial charge in [0.1, 0.15) is 0 Å². The van der Waals surface area contributed by atoms with Crippen molar-refractivity contribution in [3.8, 4) is 0 Å². The summed E-state index contributed by atoms with van der Waals surface area (Å²) in [5, 5.41) is 4.24. The van der Waals surface area contributed by atoms with Crippen molar-refractivity contribution in [1.29, 1.82) is 0 Å². The van der Waals surface area contributed by atoms with Crippen molar-refractivity contribution in [2.45, 2.75) is 43.2 Å². The van der Waals surface area contributed by atoms with Crippen LogP contribution in [0.15, 0.2) is 0 Å². The van der Waals surface area contributed by atoms with E-state index in [0.717, 1.165) is 24.6 Å². The summed E-state index contributed by atoms with van der Waals surface area (Å²) in [6.45, 7) is 1.40. The second-order valence-electron chi connectivity index (χ2n) is 5.21. The third-order valence-electron chi connectivity index (χ3n) is 3.65. The summed E-state index contributed by atoms with van der Waals surface area (Å²) in [5.41, 5.74) is 0. The van der Waals surface area contributed by atoms with Crippen LogP contribution >= 0.6 is 11.8 Å². The molecule has 2 aliphatic heterocycles. The zero-order valence-electron chi connectivity index (χ0n) is 10.5. The summed E-state index contributed by atoms with van der Waals surface area (Å²) >= 11 is 2.02. The Hall–Kier alpha value is 0.0600. The first kappa shape index (κ1) is 14.5. The van der Waals surface area contributed by atoms with Crippen LogP contribution in [0.5, 0.6) is 0 Å². The van der Waals surface area contributed by atoms with Crippen LogP contribution in [-0.4, -0.2) is 54.3 Å². The van der Waals surface area contributed by atoms with Gasteiger partial charge < -0.3 is 5.32 Å². The maximum absolute atomic E-state index is 12.2. The van der Waals surface area contributed by atoms with E-state index in [4.69, 9.17) is 0 Å². The van der Waals surface area contributed by atoms with Crippen LogP contribution in [0.25, 0.3) is 0 Å². The molecule has 0 saturated carbocycles. The van der Waals surface area contributed by atoms with Gasteiger partial charge in [0, 0.05) is 17.8 Å². The fraction of sp³-hybridized carbons (Fsp3) is 1.00. The van der Waals surface area contributed by atoms with Gasteiger partial charge in [-0.15, -0.1) is 0 Å². The van der Waals surface area contributed by atoms with Crippen LogP contribution < -0.4 is 5.32 Å². The zero-order chi connectivity index (χ0) is 13.0. The van der Waals surface area contributed by atoms with Crippen molar-refractivity contribution in [1.82, 2.24) is 10.2 Å². The smallest absolute Gasteiger partial charge is 0.313 e. The number of alkyl halides is 3. The molecule has 0 radical (unpaired) electrons. The Morgan fingerprint density at radius 3 is 2.44 bits per heavy atom. The van der Waals surface area contributed by atoms with E-state index in [0.29, 0.717) is 19.1 Å². The average Bonchev–Trinajstić information content (AvgIpc) is 2.79. The summed E-state index contributed by atoms with van der Waals surface area (Å²) in [7, 11) is 0. The van der Waals surface area contributed by atoms with Gasteiger partial charge in [-0.3, -0.25) is 4.90 Å². The standard InChI is InChI=1S/C12H21F3N2S/c13-12(14,15)9-17-5-3-10(4-6-17)16-8-11-2-1-7-18-11/h10-11,16H,1-9H2. The predicted octanol–water partition coefficient (Wildman–Crippen LogP) is 2.50. The summed E-state index contributed by atoms with van der Waals surface area (Å²) in [6, 6.07) is 0.413. The van der Waals surface area contributed by atoms with Crippen LogP contribution in [0.2, 0.25) is 0 Å². The van der Waals surface area contributed by atoms with Crippen LogP contribution in [0, 0.1) is 0 Å². The Labute approximate surface area is 111 Å². The number of nitrogens with zero attached hydrogens (tertiary/aromatic N) is 1. The molecule has 2 rings (SSSR count). The minimum absolute atomic E-state index is 0.413. The molecule has 6 heteroatoms. The molecule has 18 heavy (non-hydrogen) atoms. The monoisotopic (exact) mass is 282 g/mol. The van der Waals surface area contributed by atoms with Gasteiger partial charge in [0.05, 0.1) is 6.54 Å². The van der Waals surface area contributed by atoms with Crippen LogP contribution in [-0.2, 0) is 0 Å². The van der Waals surface area contributed by atoms with E-state index >= 15 is 0 Å². The minimum atomic E-state index is -4.05. The second kappa shape index (κ2) is 6.48. The Morgan fingerprint density at radius 2 is 1.89 bits per heavy atom. The van der Waals surface area contributed by atoms with Gasteiger partial charge in [-0.1, -0.05) is 0 Å². The fourth-order valence-corrected chi connectivity index (χ4v) is 3.87. The van der Waals surface area contributed by atoms with Crippen molar-refractivity contribution < 1.29 is 13.2 Å². The van der Waals surface area contributed by atoms with Gasteiger partial charge in [-0.2, -0.15) is 24.9 Å². The zero-order valence-corrected chi connectivity index (χ0v) is 11.3. The van der Waals surface area contributed by atoms with Gasteiger partial charge in [-0.25, -0.2) is 0 Å². The first-order valence-electron chi connectivity index (χ1n) is 6.67. The Bertz CT molecular complexity index is 246. The Balaban J connectivity index is 1.61. The number of thioether (sulfide) groups is 1. The van der Waals surface area contributed by atoms with Gasteiger partial charge in [0.15, 0.2) is 0 Å². The van der Waals surface area contributed by atoms with E-state index in [2.05, 4.69) is 5.32 Å². The summed E-state index contributed by atoms with van der Waals surface area (Å²) in [6.07, 6.45) is 0.216. The van der Waals surface area contributed by atoms with E-state index in [1.54, 1.807) is 0 Å². The van der Waals surface area contributed by atoms with Crippen molar-refractivity contribution in [3.63, 3.8) is 0 Å². The molecule has 2 nitrogen and oxygen atoms in total. The summed E-state index contributed by atoms with van der Waals surface area (Å²) < 4.78 is 36.7. The molecule has 1 N–H and O–H groups in total. The molecule has 0 aromatic heterocycles. The number of rotatable bonds is 4. The first-order chi connectivity index (χ1) is 8.53. The van der Waals surface area contributed by atoms with E-state index < -0.39 is 12.7 Å². The van der Waals surface area contributed by atoms with Crippen molar-refractivity contribution in [2.75, 3.05) is 31.9 Å². The molecule has 2 saturated heterocycles. The molecular formula is C12H21F3N2S. The van der Waals surface area contributed by atoms with Crippen LogP contribution in [0.3, 0.4) is 0 Å². The topological polar surface area (TPSA) is 15.3 Å². The summed E-state index contributed by atoms with van der Waals surface area (Å²) in [5.74, 6) is 1.26. The first-order valence-corrected chi connectivity index (χ1v) is 7.72. The third-order valence-corrected chi connectivity index (χ3v) is 5.05. The predicted molar refractivity (Wildman–Crippen MR) is 69.0 cm³/mol. The van der Waals surface area contributed by atoms with Crippen molar-refractivity contribution in [2.24, 2.45) is 0 Å². The lowest BCUT2D eigenvalue weighted by atomic mass is 10.0. The molecule has 0 aliphatic carbocycles. The highest BCUT2D eigenvalue weighted by molar-refractivity contribution is 8.00. The van der Waals surface area contributed by atoms with Crippen LogP contribution in [0.1, 0.15) is 25.7 Å². The maximum atomic E-state index is 12.2. The molecule has 106 valence electrons. The quantitative estimate of drug-likeness (QED) is 0.853. The van der Waals surface area contributed by atoms with Gasteiger partial charge >= 0.3 is 6.18 Å². The highest BCUT2D eigenvalue weighted by atomic mass is 32.2. The van der Waals surface area contributed by atoms with E-state index in [-0.39, 0.29) is 0 Å². The van der Waals surface area contributed by atoms with Gasteiger partial charge in [0.25, 0.3) is 0 Å². The molecule has 2 heterocycles. The number of likely N-dealkylation sites (tertiary alicyclic amines) is 1. The lowest BCUT2D eigenvalue weighted by Crippen LogP contribution is -2.46. The molecule has 2 aliphatic rings. The molecule has 0 aromatic rings. The summed E-state index contributed by atoms with van der Waals surface area (Å²) in [4.78, 5) is 1.52. The lowest BCUT2D eigenvalue weighted by Gasteiger charge is -2.33. The minimum Gasteiger partial charge on any atom is -0.313 e. The number of piperidine rings is 1. The normalized spacial score (nSPS) is 27.8. The lowest BCUT2D eigenvalue weighted by molar-refractivity contribution is -0.148.